The molecule has 0 aromatic heterocycles. The van der Waals surface area contributed by atoms with Gasteiger partial charge < -0.3 is 0 Å². The van der Waals surface area contributed by atoms with E-state index >= 15 is 0 Å². The summed E-state index contributed by atoms with van der Waals surface area (Å²) in [5.74, 6) is 3.63. The third-order valence-corrected chi connectivity index (χ3v) is 7.54. The van der Waals surface area contributed by atoms with Crippen molar-refractivity contribution in [3.63, 3.8) is 0 Å². The van der Waals surface area contributed by atoms with Crippen molar-refractivity contribution in [3.8, 4) is 0 Å². The molecule has 3 fully saturated rings. The Bertz CT molecular complexity index is 532. The van der Waals surface area contributed by atoms with Gasteiger partial charge in [-0.2, -0.15) is 0 Å². The van der Waals surface area contributed by atoms with Crippen LogP contribution >= 0.6 is 11.6 Å². The molecule has 0 heterocycles. The van der Waals surface area contributed by atoms with Crippen molar-refractivity contribution in [2.24, 2.45) is 29.1 Å². The number of halogens is 1. The lowest BCUT2D eigenvalue weighted by atomic mass is 9.52. The van der Waals surface area contributed by atoms with Crippen molar-refractivity contribution in [2.45, 2.75) is 58.3 Å². The van der Waals surface area contributed by atoms with Crippen LogP contribution in [0.25, 0.3) is 0 Å². The second-order valence-corrected chi connectivity index (χ2v) is 8.15. The van der Waals surface area contributed by atoms with Gasteiger partial charge >= 0.3 is 0 Å². The Morgan fingerprint density at radius 2 is 2.00 bits per heavy atom. The predicted octanol–water partition coefficient (Wildman–Crippen LogP) is 5.25. The van der Waals surface area contributed by atoms with Crippen molar-refractivity contribution >= 4 is 17.4 Å². The topological polar surface area (TPSA) is 17.1 Å². The van der Waals surface area contributed by atoms with Crippen LogP contribution in [-0.4, -0.2) is 5.78 Å². The summed E-state index contributed by atoms with van der Waals surface area (Å²) in [6, 6.07) is 0. The lowest BCUT2D eigenvalue weighted by molar-refractivity contribution is -0.115. The second-order valence-electron chi connectivity index (χ2n) is 7.93. The van der Waals surface area contributed by atoms with Gasteiger partial charge in [-0.15, -0.1) is 0 Å². The van der Waals surface area contributed by atoms with Crippen LogP contribution in [0, 0.1) is 29.1 Å². The van der Waals surface area contributed by atoms with Crippen LogP contribution in [-0.2, 0) is 4.79 Å². The number of ketones is 1. The van der Waals surface area contributed by atoms with E-state index in [1.165, 1.54) is 49.7 Å². The predicted molar refractivity (Wildman–Crippen MR) is 86.0 cm³/mol. The molecule has 0 unspecified atom stereocenters. The van der Waals surface area contributed by atoms with Gasteiger partial charge in [0.15, 0.2) is 5.78 Å². The van der Waals surface area contributed by atoms with Gasteiger partial charge in [-0.3, -0.25) is 4.79 Å². The third kappa shape index (κ3) is 2.00. The van der Waals surface area contributed by atoms with Gasteiger partial charge in [0, 0.05) is 12.0 Å². The summed E-state index contributed by atoms with van der Waals surface area (Å²) in [5, 5.41) is 0. The molecule has 0 N–H and O–H groups in total. The normalized spacial score (nSPS) is 47.6. The van der Waals surface area contributed by atoms with Crippen molar-refractivity contribution in [1.29, 1.82) is 0 Å². The first-order chi connectivity index (χ1) is 10.1. The fourth-order valence-corrected chi connectivity index (χ4v) is 6.57. The number of rotatable bonds is 0. The van der Waals surface area contributed by atoms with Gasteiger partial charge in [0.1, 0.15) is 0 Å². The van der Waals surface area contributed by atoms with E-state index in [1.807, 2.05) is 11.6 Å². The van der Waals surface area contributed by atoms with E-state index in [9.17, 15) is 4.79 Å². The average molecular weight is 305 g/mol. The summed E-state index contributed by atoms with van der Waals surface area (Å²) in [4.78, 5) is 11.7. The maximum absolute atomic E-state index is 11.7. The summed E-state index contributed by atoms with van der Waals surface area (Å²) in [5.41, 5.74) is 5.25. The molecule has 0 spiro atoms. The largest absolute Gasteiger partial charge is 0.295 e. The van der Waals surface area contributed by atoms with E-state index in [-0.39, 0.29) is 0 Å². The first-order valence-electron chi connectivity index (χ1n) is 8.66. The smallest absolute Gasteiger partial charge is 0.155 e. The molecule has 21 heavy (non-hydrogen) atoms. The maximum Gasteiger partial charge on any atom is 0.155 e. The molecular weight excluding hydrogens is 280 g/mol. The van der Waals surface area contributed by atoms with Gasteiger partial charge in [0.2, 0.25) is 0 Å². The average Bonchev–Trinajstić information content (AvgIpc) is 2.83. The molecule has 4 aliphatic carbocycles. The molecule has 114 valence electrons. The van der Waals surface area contributed by atoms with E-state index in [4.69, 9.17) is 11.6 Å². The van der Waals surface area contributed by atoms with E-state index in [1.54, 1.807) is 0 Å². The highest BCUT2D eigenvalue weighted by atomic mass is 35.5. The molecule has 2 heteroatoms. The Morgan fingerprint density at radius 3 is 2.81 bits per heavy atom. The summed E-state index contributed by atoms with van der Waals surface area (Å²) >= 11 is 6.11. The zero-order valence-electron chi connectivity index (χ0n) is 12.9. The fraction of sp³-hybridized carbons (Fsp3) is 0.737. The maximum atomic E-state index is 11.7. The number of hydrogen-bond acceptors (Lipinski definition) is 1. The molecule has 0 aromatic carbocycles. The standard InChI is InChI=1S/C19H25ClO/c1-19-9-8-16-15-6-4-14(21)10-12(15)2-5-17(16)18(19)7-3-13(19)11-20/h10-11,15-18H,2-9H2,1H3/t15-,16+,17+,18-,19+/m0/s1. The summed E-state index contributed by atoms with van der Waals surface area (Å²) in [6.45, 7) is 2.46. The SMILES string of the molecule is C[C@]12CC[C@H]3[C@@H](CCC4=CC(=O)CC[C@@H]43)[C@@H]1CCC2=CCl. The summed E-state index contributed by atoms with van der Waals surface area (Å²) < 4.78 is 0. The van der Waals surface area contributed by atoms with Gasteiger partial charge in [-0.1, -0.05) is 29.7 Å². The molecule has 0 aromatic rings. The van der Waals surface area contributed by atoms with Gasteiger partial charge in [0.05, 0.1) is 0 Å². The van der Waals surface area contributed by atoms with Gasteiger partial charge in [-0.25, -0.2) is 0 Å². The Hall–Kier alpha value is -0.560. The molecule has 4 rings (SSSR count). The van der Waals surface area contributed by atoms with Crippen LogP contribution in [0.15, 0.2) is 22.8 Å². The minimum Gasteiger partial charge on any atom is -0.295 e. The highest BCUT2D eigenvalue weighted by Crippen LogP contribution is 2.63. The summed E-state index contributed by atoms with van der Waals surface area (Å²) in [6.07, 6.45) is 11.6. The van der Waals surface area contributed by atoms with Gasteiger partial charge in [0.25, 0.3) is 0 Å². The fourth-order valence-electron chi connectivity index (χ4n) is 6.21. The number of carbonyl (C=O) groups is 1. The second kappa shape index (κ2) is 4.98. The van der Waals surface area contributed by atoms with Crippen LogP contribution in [0.3, 0.4) is 0 Å². The quantitative estimate of drug-likeness (QED) is 0.597. The van der Waals surface area contributed by atoms with Crippen molar-refractivity contribution < 1.29 is 4.79 Å². The van der Waals surface area contributed by atoms with Gasteiger partial charge in [-0.05, 0) is 80.1 Å². The molecule has 1 nitrogen and oxygen atoms in total. The van der Waals surface area contributed by atoms with Crippen LogP contribution in [0.4, 0.5) is 0 Å². The van der Waals surface area contributed by atoms with Crippen LogP contribution in [0.5, 0.6) is 0 Å². The molecule has 4 aliphatic rings. The number of hydrogen-bond donors (Lipinski definition) is 0. The van der Waals surface area contributed by atoms with Crippen molar-refractivity contribution in [1.82, 2.24) is 0 Å². The highest BCUT2D eigenvalue weighted by molar-refractivity contribution is 6.25. The van der Waals surface area contributed by atoms with Crippen LogP contribution in [0.1, 0.15) is 58.3 Å². The van der Waals surface area contributed by atoms with E-state index in [0.717, 1.165) is 36.5 Å². The lowest BCUT2D eigenvalue weighted by Crippen LogP contribution is -2.45. The molecule has 0 saturated heterocycles. The Kier molecular flexibility index (Phi) is 3.33. The van der Waals surface area contributed by atoms with E-state index < -0.39 is 0 Å². The third-order valence-electron chi connectivity index (χ3n) is 7.28. The lowest BCUT2D eigenvalue weighted by Gasteiger charge is -2.53. The Labute approximate surface area is 132 Å². The molecule has 5 atom stereocenters. The van der Waals surface area contributed by atoms with Crippen molar-refractivity contribution in [2.75, 3.05) is 0 Å². The molecule has 0 amide bonds. The molecule has 0 bridgehead atoms. The monoisotopic (exact) mass is 304 g/mol. The minimum absolute atomic E-state index is 0.369. The van der Waals surface area contributed by atoms with E-state index in [0.29, 0.717) is 11.2 Å². The molecular formula is C19H25ClO. The molecule has 0 aliphatic heterocycles. The Balaban J connectivity index is 1.64. The number of allylic oxidation sites excluding steroid dienone is 2. The van der Waals surface area contributed by atoms with E-state index in [2.05, 4.69) is 6.92 Å². The zero-order valence-corrected chi connectivity index (χ0v) is 13.7. The molecule has 0 radical (unpaired) electrons. The first kappa shape index (κ1) is 14.1. The number of carbonyl (C=O) groups excluding carboxylic acids is 1. The summed E-state index contributed by atoms with van der Waals surface area (Å²) in [7, 11) is 0. The minimum atomic E-state index is 0.369. The highest BCUT2D eigenvalue weighted by Gasteiger charge is 2.54. The zero-order chi connectivity index (χ0) is 14.6. The first-order valence-corrected chi connectivity index (χ1v) is 9.10. The van der Waals surface area contributed by atoms with Crippen LogP contribution in [0.2, 0.25) is 0 Å². The molecule has 3 saturated carbocycles. The number of fused-ring (bicyclic) bond motifs is 5. The Morgan fingerprint density at radius 1 is 1.14 bits per heavy atom. The van der Waals surface area contributed by atoms with Crippen LogP contribution < -0.4 is 0 Å². The van der Waals surface area contributed by atoms with Crippen molar-refractivity contribution in [3.05, 3.63) is 22.8 Å².